The van der Waals surface area contributed by atoms with Crippen LogP contribution >= 0.6 is 11.6 Å². The van der Waals surface area contributed by atoms with Crippen molar-refractivity contribution in [3.05, 3.63) is 44.8 Å². The number of ether oxygens (including phenoxy) is 1. The second-order valence-electron chi connectivity index (χ2n) is 7.29. The minimum Gasteiger partial charge on any atom is -0.423 e. The van der Waals surface area contributed by atoms with Gasteiger partial charge in [-0.1, -0.05) is 11.6 Å². The summed E-state index contributed by atoms with van der Waals surface area (Å²) >= 11 is 6.27. The molecule has 0 bridgehead atoms. The fraction of sp³-hybridized carbons (Fsp3) is 0.500. The lowest BCUT2D eigenvalue weighted by atomic mass is 10.1. The summed E-state index contributed by atoms with van der Waals surface area (Å²) in [5, 5.41) is 1.52. The van der Waals surface area contributed by atoms with E-state index in [1.54, 1.807) is 6.07 Å². The van der Waals surface area contributed by atoms with Crippen LogP contribution in [0.5, 0.6) is 0 Å². The smallest absolute Gasteiger partial charge is 0.336 e. The summed E-state index contributed by atoms with van der Waals surface area (Å²) in [5.41, 5.74) is 1.99. The van der Waals surface area contributed by atoms with Gasteiger partial charge in [0.15, 0.2) is 0 Å². The van der Waals surface area contributed by atoms with Crippen molar-refractivity contribution in [1.82, 2.24) is 9.80 Å². The van der Waals surface area contributed by atoms with E-state index in [1.807, 2.05) is 17.9 Å². The minimum atomic E-state index is -0.355. The number of carbonyl (C=O) groups is 1. The molecular formula is C20H23ClN2O4. The van der Waals surface area contributed by atoms with Gasteiger partial charge in [-0.15, -0.1) is 0 Å². The zero-order chi connectivity index (χ0) is 19.0. The molecule has 27 heavy (non-hydrogen) atoms. The molecular weight excluding hydrogens is 368 g/mol. The van der Waals surface area contributed by atoms with Crippen molar-refractivity contribution in [2.75, 3.05) is 32.8 Å². The highest BCUT2D eigenvalue weighted by Gasteiger charge is 2.30. The number of hydrogen-bond acceptors (Lipinski definition) is 5. The molecule has 144 valence electrons. The van der Waals surface area contributed by atoms with E-state index in [1.165, 1.54) is 6.07 Å². The molecule has 0 N–H and O–H groups in total. The van der Waals surface area contributed by atoms with Crippen molar-refractivity contribution >= 4 is 28.5 Å². The summed E-state index contributed by atoms with van der Waals surface area (Å²) < 4.78 is 10.8. The van der Waals surface area contributed by atoms with Crippen LogP contribution in [0, 0.1) is 6.92 Å². The summed E-state index contributed by atoms with van der Waals surface area (Å²) in [7, 11) is 0. The molecule has 6 nitrogen and oxygen atoms in total. The van der Waals surface area contributed by atoms with Crippen molar-refractivity contribution in [3.63, 3.8) is 0 Å². The highest BCUT2D eigenvalue weighted by molar-refractivity contribution is 6.32. The van der Waals surface area contributed by atoms with Gasteiger partial charge in [0.1, 0.15) is 11.7 Å². The van der Waals surface area contributed by atoms with Gasteiger partial charge in [-0.05, 0) is 43.0 Å². The van der Waals surface area contributed by atoms with E-state index < -0.39 is 0 Å². The zero-order valence-electron chi connectivity index (χ0n) is 15.4. The molecule has 2 saturated heterocycles. The average molecular weight is 391 g/mol. The van der Waals surface area contributed by atoms with Gasteiger partial charge in [0, 0.05) is 55.8 Å². The van der Waals surface area contributed by atoms with Gasteiger partial charge in [0.25, 0.3) is 5.91 Å². The lowest BCUT2D eigenvalue weighted by Gasteiger charge is -2.35. The largest absolute Gasteiger partial charge is 0.423 e. The van der Waals surface area contributed by atoms with E-state index in [0.717, 1.165) is 42.4 Å². The Morgan fingerprint density at radius 1 is 1.22 bits per heavy atom. The zero-order valence-corrected chi connectivity index (χ0v) is 16.1. The molecule has 7 heteroatoms. The Labute approximate surface area is 162 Å². The maximum absolute atomic E-state index is 12.5. The first kappa shape index (κ1) is 18.5. The van der Waals surface area contributed by atoms with Crippen LogP contribution in [0.4, 0.5) is 0 Å². The number of fused-ring (bicyclic) bond motifs is 1. The van der Waals surface area contributed by atoms with Crippen molar-refractivity contribution in [3.8, 4) is 0 Å². The van der Waals surface area contributed by atoms with Crippen LogP contribution < -0.4 is 5.63 Å². The molecule has 0 aliphatic carbocycles. The third kappa shape index (κ3) is 3.88. The quantitative estimate of drug-likeness (QED) is 0.754. The van der Waals surface area contributed by atoms with Crippen LogP contribution in [0.1, 0.15) is 24.0 Å². The first-order valence-electron chi connectivity index (χ1n) is 9.37. The van der Waals surface area contributed by atoms with Gasteiger partial charge >= 0.3 is 5.63 Å². The number of hydrogen-bond donors (Lipinski definition) is 0. The molecule has 0 saturated carbocycles. The number of aryl methyl sites for hydroxylation is 1. The third-order valence-electron chi connectivity index (χ3n) is 5.39. The van der Waals surface area contributed by atoms with Crippen LogP contribution in [0.15, 0.2) is 27.4 Å². The second kappa shape index (κ2) is 7.62. The van der Waals surface area contributed by atoms with E-state index >= 15 is 0 Å². The number of halogens is 1. The molecule has 2 aliphatic rings. The third-order valence-corrected chi connectivity index (χ3v) is 5.80. The van der Waals surface area contributed by atoms with Crippen molar-refractivity contribution in [2.45, 2.75) is 32.4 Å². The molecule has 4 rings (SSSR count). The summed E-state index contributed by atoms with van der Waals surface area (Å²) in [6, 6.07) is 5.21. The standard InChI is InChI=1S/C20H23ClN2O4/c1-13-9-18-15(11-16(13)21)14(10-19(24)27-18)12-22-4-6-23(7-5-22)20(25)17-3-2-8-26-17/h9-11,17H,2-8,12H2,1H3/t17-/m1/s1. The number of nitrogens with zero attached hydrogens (tertiary/aromatic N) is 2. The summed E-state index contributed by atoms with van der Waals surface area (Å²) in [4.78, 5) is 28.6. The lowest BCUT2D eigenvalue weighted by molar-refractivity contribution is -0.142. The molecule has 3 heterocycles. The van der Waals surface area contributed by atoms with Crippen molar-refractivity contribution in [2.24, 2.45) is 0 Å². The van der Waals surface area contributed by atoms with Gasteiger partial charge < -0.3 is 14.1 Å². The summed E-state index contributed by atoms with van der Waals surface area (Å²) in [5.74, 6) is 0.111. The molecule has 2 aromatic rings. The van der Waals surface area contributed by atoms with Crippen molar-refractivity contribution < 1.29 is 13.9 Å². The van der Waals surface area contributed by atoms with E-state index in [0.29, 0.717) is 36.8 Å². The topological polar surface area (TPSA) is 63.0 Å². The van der Waals surface area contributed by atoms with Crippen LogP contribution in [-0.2, 0) is 16.1 Å². The predicted octanol–water partition coefficient (Wildman–Crippen LogP) is 2.58. The van der Waals surface area contributed by atoms with Gasteiger partial charge in [0.2, 0.25) is 0 Å². The van der Waals surface area contributed by atoms with Crippen LogP contribution in [0.3, 0.4) is 0 Å². The Kier molecular flexibility index (Phi) is 5.21. The molecule has 1 aromatic carbocycles. The van der Waals surface area contributed by atoms with Crippen LogP contribution in [0.25, 0.3) is 11.0 Å². The molecule has 0 radical (unpaired) electrons. The van der Waals surface area contributed by atoms with E-state index in [9.17, 15) is 9.59 Å². The monoisotopic (exact) mass is 390 g/mol. The number of amides is 1. The first-order valence-corrected chi connectivity index (χ1v) is 9.75. The van der Waals surface area contributed by atoms with Gasteiger partial charge in [-0.2, -0.15) is 0 Å². The normalized spacial score (nSPS) is 21.1. The Bertz CT molecular complexity index is 912. The number of benzene rings is 1. The van der Waals surface area contributed by atoms with Crippen LogP contribution in [0.2, 0.25) is 5.02 Å². The highest BCUT2D eigenvalue weighted by atomic mass is 35.5. The number of piperazine rings is 1. The van der Waals surface area contributed by atoms with Gasteiger partial charge in [-0.25, -0.2) is 4.79 Å². The maximum atomic E-state index is 12.5. The predicted molar refractivity (Wildman–Crippen MR) is 103 cm³/mol. The molecule has 1 amide bonds. The Balaban J connectivity index is 1.47. The van der Waals surface area contributed by atoms with Gasteiger partial charge in [-0.3, -0.25) is 9.69 Å². The van der Waals surface area contributed by atoms with E-state index in [-0.39, 0.29) is 17.6 Å². The summed E-state index contributed by atoms with van der Waals surface area (Å²) in [6.07, 6.45) is 1.53. The lowest BCUT2D eigenvalue weighted by Crippen LogP contribution is -2.51. The number of rotatable bonds is 3. The molecule has 2 aliphatic heterocycles. The molecule has 0 spiro atoms. The molecule has 1 aromatic heterocycles. The minimum absolute atomic E-state index is 0.111. The Morgan fingerprint density at radius 2 is 2.00 bits per heavy atom. The Morgan fingerprint density at radius 3 is 2.70 bits per heavy atom. The van der Waals surface area contributed by atoms with E-state index in [4.69, 9.17) is 20.8 Å². The van der Waals surface area contributed by atoms with Crippen molar-refractivity contribution in [1.29, 1.82) is 0 Å². The second-order valence-corrected chi connectivity index (χ2v) is 7.70. The van der Waals surface area contributed by atoms with Crippen LogP contribution in [-0.4, -0.2) is 54.6 Å². The maximum Gasteiger partial charge on any atom is 0.336 e. The fourth-order valence-corrected chi connectivity index (χ4v) is 3.99. The number of carbonyl (C=O) groups excluding carboxylic acids is 1. The highest BCUT2D eigenvalue weighted by Crippen LogP contribution is 2.26. The Hall–Kier alpha value is -1.89. The molecule has 0 unspecified atom stereocenters. The van der Waals surface area contributed by atoms with Gasteiger partial charge in [0.05, 0.1) is 0 Å². The fourth-order valence-electron chi connectivity index (χ4n) is 3.82. The average Bonchev–Trinajstić information content (AvgIpc) is 3.18. The molecule has 2 fully saturated rings. The van der Waals surface area contributed by atoms with E-state index in [2.05, 4.69) is 4.90 Å². The SMILES string of the molecule is Cc1cc2oc(=O)cc(CN3CCN(C(=O)[C@H]4CCCO4)CC3)c2cc1Cl. The molecule has 1 atom stereocenters. The summed E-state index contributed by atoms with van der Waals surface area (Å²) in [6.45, 7) is 6.08. The first-order chi connectivity index (χ1) is 13.0.